The first-order chi connectivity index (χ1) is 16.8. The van der Waals surface area contributed by atoms with Gasteiger partial charge in [-0.3, -0.25) is 9.89 Å². The van der Waals surface area contributed by atoms with Crippen molar-refractivity contribution in [3.05, 3.63) is 47.4 Å². The first kappa shape index (κ1) is 22.5. The van der Waals surface area contributed by atoms with E-state index < -0.39 is 11.4 Å². The number of H-pyrrole nitrogens is 1. The van der Waals surface area contributed by atoms with E-state index in [1.54, 1.807) is 12.1 Å². The second kappa shape index (κ2) is 8.60. The fourth-order valence-corrected chi connectivity index (χ4v) is 5.31. The number of aliphatic hydroxyl groups is 1. The van der Waals surface area contributed by atoms with Gasteiger partial charge in [0.2, 0.25) is 0 Å². The number of carbonyl (C=O) groups is 1. The fourth-order valence-electron chi connectivity index (χ4n) is 4.54. The van der Waals surface area contributed by atoms with Crippen LogP contribution in [0.4, 0.5) is 21.8 Å². The number of halogens is 1. The van der Waals surface area contributed by atoms with Gasteiger partial charge >= 0.3 is 0 Å². The molecule has 0 amide bonds. The molecule has 3 aliphatic rings. The molecule has 3 heterocycles. The van der Waals surface area contributed by atoms with Crippen LogP contribution < -0.4 is 10.2 Å². The highest BCUT2D eigenvalue weighted by Crippen LogP contribution is 2.46. The number of carbonyl (C=O) groups excluding carboxylic acids is 1. The molecule has 3 fully saturated rings. The third-order valence-corrected chi connectivity index (χ3v) is 7.77. The predicted octanol–water partition coefficient (Wildman–Crippen LogP) is 4.02. The number of β-amino-alcohol motifs (C(OH)–C–C–N with tert-alkyl or cyclic N) is 1. The van der Waals surface area contributed by atoms with Crippen LogP contribution in [0.25, 0.3) is 0 Å². The largest absolute Gasteiger partial charge is 0.386 e. The number of aromatic nitrogens is 4. The zero-order valence-corrected chi connectivity index (χ0v) is 20.2. The van der Waals surface area contributed by atoms with Crippen molar-refractivity contribution in [3.63, 3.8) is 0 Å². The SMILES string of the molecule is Cc1cc(Nc2cc(N3CC(O)(C4CC4)C3)nc(Sc3ccc(CC(=O)C4CC4)cc3F)n2)n[nH]1. The smallest absolute Gasteiger partial charge is 0.196 e. The van der Waals surface area contributed by atoms with Gasteiger partial charge in [0, 0.05) is 30.2 Å². The lowest BCUT2D eigenvalue weighted by molar-refractivity contribution is -0.119. The monoisotopic (exact) mass is 494 g/mol. The lowest BCUT2D eigenvalue weighted by Gasteiger charge is -2.47. The second-order valence-electron chi connectivity index (χ2n) is 9.97. The van der Waals surface area contributed by atoms with Crippen molar-refractivity contribution in [2.75, 3.05) is 23.3 Å². The van der Waals surface area contributed by atoms with Gasteiger partial charge in [0.25, 0.3) is 0 Å². The van der Waals surface area contributed by atoms with Crippen LogP contribution in [-0.2, 0) is 11.2 Å². The summed E-state index contributed by atoms with van der Waals surface area (Å²) in [4.78, 5) is 23.8. The van der Waals surface area contributed by atoms with Gasteiger partial charge in [0.1, 0.15) is 28.8 Å². The Kier molecular flexibility index (Phi) is 5.52. The summed E-state index contributed by atoms with van der Waals surface area (Å²) in [5.74, 6) is 2.16. The average Bonchev–Trinajstić information content (AvgIpc) is 3.71. The summed E-state index contributed by atoms with van der Waals surface area (Å²) < 4.78 is 14.9. The molecule has 1 saturated heterocycles. The van der Waals surface area contributed by atoms with Crippen LogP contribution in [0.15, 0.2) is 40.4 Å². The zero-order chi connectivity index (χ0) is 24.2. The van der Waals surface area contributed by atoms with Crippen LogP contribution in [0.1, 0.15) is 36.9 Å². The number of nitrogens with one attached hydrogen (secondary N) is 2. The standard InChI is InChI=1S/C25H27FN6O2S/c1-14-8-22(31-30-14)27-21-11-23(32-12-25(34,13-32)17-5-6-17)29-24(28-21)35-20-7-2-15(9-18(20)26)10-19(33)16-3-4-16/h2,7-9,11,16-17,34H,3-6,10,12-13H2,1H3,(H2,27,28,29,30,31). The minimum Gasteiger partial charge on any atom is -0.386 e. The molecule has 10 heteroatoms. The van der Waals surface area contributed by atoms with Crippen LogP contribution >= 0.6 is 11.8 Å². The summed E-state index contributed by atoms with van der Waals surface area (Å²) in [7, 11) is 0. The Balaban J connectivity index is 1.23. The van der Waals surface area contributed by atoms with Crippen LogP contribution in [-0.4, -0.2) is 49.7 Å². The molecule has 1 aromatic carbocycles. The lowest BCUT2D eigenvalue weighted by Crippen LogP contribution is -2.63. The van der Waals surface area contributed by atoms with Crippen LogP contribution in [0.2, 0.25) is 0 Å². The number of Topliss-reactive ketones (excluding diaryl/α,β-unsaturated/α-hetero) is 1. The minimum atomic E-state index is -0.648. The van der Waals surface area contributed by atoms with Gasteiger partial charge in [0.15, 0.2) is 11.0 Å². The molecule has 0 bridgehead atoms. The molecule has 3 N–H and O–H groups in total. The number of ketones is 1. The average molecular weight is 495 g/mol. The Morgan fingerprint density at radius 2 is 2.00 bits per heavy atom. The molecule has 1 aliphatic heterocycles. The first-order valence-electron chi connectivity index (χ1n) is 12.0. The zero-order valence-electron chi connectivity index (χ0n) is 19.4. The molecule has 2 aromatic heterocycles. The van der Waals surface area contributed by atoms with Crippen molar-refractivity contribution in [2.45, 2.75) is 54.7 Å². The molecule has 8 nitrogen and oxygen atoms in total. The highest BCUT2D eigenvalue weighted by atomic mass is 32.2. The van der Waals surface area contributed by atoms with Gasteiger partial charge in [-0.2, -0.15) is 5.10 Å². The van der Waals surface area contributed by atoms with Crippen molar-refractivity contribution in [2.24, 2.45) is 11.8 Å². The van der Waals surface area contributed by atoms with Gasteiger partial charge in [-0.25, -0.2) is 14.4 Å². The Labute approximate surface area is 206 Å². The van der Waals surface area contributed by atoms with E-state index in [4.69, 9.17) is 0 Å². The highest BCUT2D eigenvalue weighted by molar-refractivity contribution is 7.99. The van der Waals surface area contributed by atoms with Gasteiger partial charge in [-0.1, -0.05) is 6.07 Å². The number of nitrogens with zero attached hydrogens (tertiary/aromatic N) is 4. The number of aromatic amines is 1. The quantitative estimate of drug-likeness (QED) is 0.383. The van der Waals surface area contributed by atoms with Crippen molar-refractivity contribution in [1.29, 1.82) is 0 Å². The predicted molar refractivity (Wildman–Crippen MR) is 130 cm³/mol. The molecule has 2 aliphatic carbocycles. The number of hydrogen-bond donors (Lipinski definition) is 3. The van der Waals surface area contributed by atoms with E-state index in [-0.39, 0.29) is 18.1 Å². The molecular weight excluding hydrogens is 467 g/mol. The van der Waals surface area contributed by atoms with Gasteiger partial charge in [0.05, 0.1) is 18.0 Å². The summed E-state index contributed by atoms with van der Waals surface area (Å²) in [6.07, 6.45) is 4.32. The molecule has 0 atom stereocenters. The highest BCUT2D eigenvalue weighted by Gasteiger charge is 2.52. The van der Waals surface area contributed by atoms with Gasteiger partial charge < -0.3 is 15.3 Å². The fraction of sp³-hybridized carbons (Fsp3) is 0.440. The van der Waals surface area contributed by atoms with E-state index in [1.165, 1.54) is 6.07 Å². The van der Waals surface area contributed by atoms with E-state index in [9.17, 15) is 14.3 Å². The third kappa shape index (κ3) is 4.90. The number of rotatable bonds is 9. The molecule has 0 radical (unpaired) electrons. The molecule has 6 rings (SSSR count). The van der Waals surface area contributed by atoms with E-state index in [2.05, 4.69) is 25.5 Å². The Morgan fingerprint density at radius 1 is 1.20 bits per heavy atom. The Hall–Kier alpha value is -2.98. The van der Waals surface area contributed by atoms with E-state index >= 15 is 0 Å². The van der Waals surface area contributed by atoms with E-state index in [0.717, 1.165) is 43.1 Å². The molecule has 3 aromatic rings. The number of aryl methyl sites for hydroxylation is 1. The molecular formula is C25H27FN6O2S. The Morgan fingerprint density at radius 3 is 2.66 bits per heavy atom. The molecule has 35 heavy (non-hydrogen) atoms. The van der Waals surface area contributed by atoms with Crippen molar-refractivity contribution in [3.8, 4) is 0 Å². The van der Waals surface area contributed by atoms with E-state index in [0.29, 0.717) is 52.1 Å². The van der Waals surface area contributed by atoms with Gasteiger partial charge in [-0.05, 0) is 68.0 Å². The van der Waals surface area contributed by atoms with Crippen molar-refractivity contribution >= 4 is 35.0 Å². The van der Waals surface area contributed by atoms with E-state index in [1.807, 2.05) is 24.0 Å². The summed E-state index contributed by atoms with van der Waals surface area (Å²) in [5.41, 5.74) is 0.955. The topological polar surface area (TPSA) is 107 Å². The van der Waals surface area contributed by atoms with Crippen molar-refractivity contribution in [1.82, 2.24) is 20.2 Å². The lowest BCUT2D eigenvalue weighted by atomic mass is 9.89. The Bertz CT molecular complexity index is 1280. The van der Waals surface area contributed by atoms with Crippen LogP contribution in [0.5, 0.6) is 0 Å². The van der Waals surface area contributed by atoms with Gasteiger partial charge in [-0.15, -0.1) is 0 Å². The van der Waals surface area contributed by atoms with Crippen LogP contribution in [0.3, 0.4) is 0 Å². The number of hydrogen-bond acceptors (Lipinski definition) is 8. The summed E-state index contributed by atoms with van der Waals surface area (Å²) >= 11 is 1.14. The molecule has 0 spiro atoms. The normalized spacial score (nSPS) is 18.9. The first-order valence-corrected chi connectivity index (χ1v) is 12.8. The maximum absolute atomic E-state index is 14.9. The molecule has 182 valence electrons. The number of benzene rings is 1. The summed E-state index contributed by atoms with van der Waals surface area (Å²) in [5, 5.41) is 21.4. The number of anilines is 3. The minimum absolute atomic E-state index is 0.159. The van der Waals surface area contributed by atoms with Crippen LogP contribution in [0, 0.1) is 24.6 Å². The summed E-state index contributed by atoms with van der Waals surface area (Å²) in [6, 6.07) is 8.61. The maximum Gasteiger partial charge on any atom is 0.196 e. The molecule has 2 saturated carbocycles. The van der Waals surface area contributed by atoms with Crippen molar-refractivity contribution < 1.29 is 14.3 Å². The maximum atomic E-state index is 14.9. The third-order valence-electron chi connectivity index (χ3n) is 6.85. The molecule has 0 unspecified atom stereocenters. The second-order valence-corrected chi connectivity index (χ2v) is 11.0. The summed E-state index contributed by atoms with van der Waals surface area (Å²) in [6.45, 7) is 2.96.